The van der Waals surface area contributed by atoms with E-state index in [0.717, 1.165) is 12.3 Å². The molecule has 0 bridgehead atoms. The smallest absolute Gasteiger partial charge is 0.0904 e. The molecule has 68 valence electrons. The van der Waals surface area contributed by atoms with E-state index in [2.05, 4.69) is 36.9 Å². The highest BCUT2D eigenvalue weighted by Crippen LogP contribution is 2.15. The summed E-state index contributed by atoms with van der Waals surface area (Å²) in [5, 5.41) is 0. The summed E-state index contributed by atoms with van der Waals surface area (Å²) >= 11 is 0. The Hall–Kier alpha value is -0.790. The van der Waals surface area contributed by atoms with Crippen molar-refractivity contribution < 1.29 is 0 Å². The summed E-state index contributed by atoms with van der Waals surface area (Å²) in [5.41, 5.74) is 0. The quantitative estimate of drug-likeness (QED) is 0.539. The molecule has 0 N–H and O–H groups in total. The van der Waals surface area contributed by atoms with Gasteiger partial charge in [0.05, 0.1) is 6.34 Å². The standard InChI is InChI=1S/C10H18N2/c1-9-6-4-5-7-11-8-12(3)10(9)2/h5,7-10H,4,6H2,1-3H3/b7-5+,11-8?/t9-,10?/m0/s1. The molecule has 2 atom stereocenters. The van der Waals surface area contributed by atoms with E-state index in [1.54, 1.807) is 0 Å². The number of allylic oxidation sites excluding steroid dienone is 1. The van der Waals surface area contributed by atoms with Gasteiger partial charge in [0.15, 0.2) is 0 Å². The van der Waals surface area contributed by atoms with Gasteiger partial charge in [0.1, 0.15) is 0 Å². The lowest BCUT2D eigenvalue weighted by Crippen LogP contribution is -2.32. The van der Waals surface area contributed by atoms with Crippen LogP contribution in [0.3, 0.4) is 0 Å². The molecule has 12 heavy (non-hydrogen) atoms. The van der Waals surface area contributed by atoms with Crippen LogP contribution < -0.4 is 0 Å². The fourth-order valence-electron chi connectivity index (χ4n) is 1.39. The summed E-state index contributed by atoms with van der Waals surface area (Å²) in [4.78, 5) is 6.36. The summed E-state index contributed by atoms with van der Waals surface area (Å²) in [7, 11) is 2.09. The SMILES string of the molecule is CC1[C@@H](C)CC/C=C/N=CN1C. The van der Waals surface area contributed by atoms with E-state index >= 15 is 0 Å². The molecule has 0 radical (unpaired) electrons. The van der Waals surface area contributed by atoms with E-state index in [9.17, 15) is 0 Å². The van der Waals surface area contributed by atoms with Crippen molar-refractivity contribution in [3.8, 4) is 0 Å². The van der Waals surface area contributed by atoms with Gasteiger partial charge in [-0.2, -0.15) is 0 Å². The van der Waals surface area contributed by atoms with Crippen LogP contribution in [-0.2, 0) is 0 Å². The molecule has 0 aliphatic carbocycles. The van der Waals surface area contributed by atoms with E-state index in [1.807, 2.05) is 12.5 Å². The number of rotatable bonds is 0. The first-order valence-electron chi connectivity index (χ1n) is 4.62. The van der Waals surface area contributed by atoms with Gasteiger partial charge in [-0.1, -0.05) is 13.0 Å². The second-order valence-electron chi connectivity index (χ2n) is 3.61. The average molecular weight is 166 g/mol. The molecule has 1 aliphatic rings. The lowest BCUT2D eigenvalue weighted by atomic mass is 9.97. The number of nitrogens with zero attached hydrogens (tertiary/aromatic N) is 2. The Balaban J connectivity index is 2.64. The predicted octanol–water partition coefficient (Wildman–Crippen LogP) is 2.28. The Bertz CT molecular complexity index is 184. The van der Waals surface area contributed by atoms with Crippen molar-refractivity contribution in [3.63, 3.8) is 0 Å². The van der Waals surface area contributed by atoms with Crippen LogP contribution in [0.15, 0.2) is 17.3 Å². The van der Waals surface area contributed by atoms with Gasteiger partial charge in [-0.15, -0.1) is 0 Å². The minimum Gasteiger partial charge on any atom is -0.363 e. The van der Waals surface area contributed by atoms with E-state index in [-0.39, 0.29) is 0 Å². The molecule has 2 nitrogen and oxygen atoms in total. The van der Waals surface area contributed by atoms with Gasteiger partial charge in [0.2, 0.25) is 0 Å². The van der Waals surface area contributed by atoms with Crippen LogP contribution in [0.5, 0.6) is 0 Å². The molecule has 0 aromatic rings. The largest absolute Gasteiger partial charge is 0.363 e. The highest BCUT2D eigenvalue weighted by atomic mass is 15.1. The first-order valence-corrected chi connectivity index (χ1v) is 4.62. The summed E-state index contributed by atoms with van der Waals surface area (Å²) in [6.07, 6.45) is 8.34. The first-order chi connectivity index (χ1) is 5.72. The summed E-state index contributed by atoms with van der Waals surface area (Å²) < 4.78 is 0. The molecule has 0 saturated heterocycles. The van der Waals surface area contributed by atoms with Crippen molar-refractivity contribution in [2.75, 3.05) is 7.05 Å². The Kier molecular flexibility index (Phi) is 3.32. The fourth-order valence-corrected chi connectivity index (χ4v) is 1.39. The fraction of sp³-hybridized carbons (Fsp3) is 0.700. The van der Waals surface area contributed by atoms with E-state index in [0.29, 0.717) is 6.04 Å². The number of aliphatic imine (C=N–C) groups is 1. The van der Waals surface area contributed by atoms with Gasteiger partial charge in [-0.3, -0.25) is 0 Å². The van der Waals surface area contributed by atoms with Gasteiger partial charge in [0.25, 0.3) is 0 Å². The van der Waals surface area contributed by atoms with Gasteiger partial charge in [0, 0.05) is 19.3 Å². The number of hydrogen-bond donors (Lipinski definition) is 0. The zero-order valence-corrected chi connectivity index (χ0v) is 8.20. The van der Waals surface area contributed by atoms with E-state index in [4.69, 9.17) is 0 Å². The zero-order chi connectivity index (χ0) is 8.97. The van der Waals surface area contributed by atoms with Crippen LogP contribution >= 0.6 is 0 Å². The Morgan fingerprint density at radius 1 is 1.42 bits per heavy atom. The third kappa shape index (κ3) is 2.36. The molecule has 0 fully saturated rings. The van der Waals surface area contributed by atoms with Crippen molar-refractivity contribution >= 4 is 6.34 Å². The normalized spacial score (nSPS) is 33.8. The van der Waals surface area contributed by atoms with Crippen molar-refractivity contribution in [1.82, 2.24) is 4.90 Å². The molecular weight excluding hydrogens is 148 g/mol. The Morgan fingerprint density at radius 3 is 2.92 bits per heavy atom. The van der Waals surface area contributed by atoms with E-state index < -0.39 is 0 Å². The van der Waals surface area contributed by atoms with Crippen molar-refractivity contribution in [2.45, 2.75) is 32.7 Å². The van der Waals surface area contributed by atoms with Crippen molar-refractivity contribution in [2.24, 2.45) is 10.9 Å². The van der Waals surface area contributed by atoms with Crippen molar-refractivity contribution in [3.05, 3.63) is 12.3 Å². The maximum atomic E-state index is 4.18. The first kappa shape index (κ1) is 9.30. The topological polar surface area (TPSA) is 15.6 Å². The summed E-state index contributed by atoms with van der Waals surface area (Å²) in [6, 6.07) is 0.591. The molecule has 2 heteroatoms. The van der Waals surface area contributed by atoms with Crippen molar-refractivity contribution in [1.29, 1.82) is 0 Å². The van der Waals surface area contributed by atoms with Crippen LogP contribution in [0.1, 0.15) is 26.7 Å². The lowest BCUT2D eigenvalue weighted by molar-refractivity contribution is 0.289. The highest BCUT2D eigenvalue weighted by Gasteiger charge is 2.14. The monoisotopic (exact) mass is 166 g/mol. The highest BCUT2D eigenvalue weighted by molar-refractivity contribution is 5.55. The molecule has 1 unspecified atom stereocenters. The van der Waals surface area contributed by atoms with Crippen LogP contribution in [0, 0.1) is 5.92 Å². The molecular formula is C10H18N2. The second-order valence-corrected chi connectivity index (χ2v) is 3.61. The van der Waals surface area contributed by atoms with Crippen LogP contribution in [-0.4, -0.2) is 24.3 Å². The molecule has 0 spiro atoms. The summed E-state index contributed by atoms with van der Waals surface area (Å²) in [5.74, 6) is 0.740. The minimum absolute atomic E-state index is 0.591. The summed E-state index contributed by atoms with van der Waals surface area (Å²) in [6.45, 7) is 4.55. The maximum absolute atomic E-state index is 4.18. The molecule has 1 rings (SSSR count). The Labute approximate surface area is 75.0 Å². The molecule has 0 saturated carbocycles. The van der Waals surface area contributed by atoms with E-state index in [1.165, 1.54) is 6.42 Å². The number of hydrogen-bond acceptors (Lipinski definition) is 2. The minimum atomic E-state index is 0.591. The van der Waals surface area contributed by atoms with Crippen LogP contribution in [0.2, 0.25) is 0 Å². The van der Waals surface area contributed by atoms with Crippen LogP contribution in [0.4, 0.5) is 0 Å². The molecule has 0 aromatic carbocycles. The van der Waals surface area contributed by atoms with Crippen LogP contribution in [0.25, 0.3) is 0 Å². The Morgan fingerprint density at radius 2 is 2.17 bits per heavy atom. The zero-order valence-electron chi connectivity index (χ0n) is 8.20. The lowest BCUT2D eigenvalue weighted by Gasteiger charge is -2.27. The molecule has 0 aromatic heterocycles. The van der Waals surface area contributed by atoms with Gasteiger partial charge < -0.3 is 4.90 Å². The van der Waals surface area contributed by atoms with Gasteiger partial charge >= 0.3 is 0 Å². The molecule has 1 aliphatic heterocycles. The van der Waals surface area contributed by atoms with Gasteiger partial charge in [-0.25, -0.2) is 4.99 Å². The molecule has 0 amide bonds. The second kappa shape index (κ2) is 4.29. The third-order valence-electron chi connectivity index (χ3n) is 2.69. The predicted molar refractivity (Wildman–Crippen MR) is 53.3 cm³/mol. The van der Waals surface area contributed by atoms with Gasteiger partial charge in [-0.05, 0) is 25.7 Å². The maximum Gasteiger partial charge on any atom is 0.0904 e. The third-order valence-corrected chi connectivity index (χ3v) is 2.69. The molecule has 1 heterocycles. The average Bonchev–Trinajstić information content (AvgIpc) is 2.12.